The minimum atomic E-state index is -0.341. The normalized spacial score (nSPS) is 14.0. The third-order valence-corrected chi connectivity index (χ3v) is 6.35. The molecule has 0 spiro atoms. The lowest BCUT2D eigenvalue weighted by Gasteiger charge is -2.37. The van der Waals surface area contributed by atoms with Crippen LogP contribution >= 0.6 is 0 Å². The van der Waals surface area contributed by atoms with Gasteiger partial charge in [0.15, 0.2) is 0 Å². The van der Waals surface area contributed by atoms with Crippen molar-refractivity contribution in [1.82, 2.24) is 4.90 Å². The van der Waals surface area contributed by atoms with Gasteiger partial charge in [-0.15, -0.1) is 0 Å². The maximum absolute atomic E-state index is 12.6. The molecule has 3 aromatic rings. The van der Waals surface area contributed by atoms with Crippen LogP contribution in [0.15, 0.2) is 78.9 Å². The van der Waals surface area contributed by atoms with Crippen molar-refractivity contribution in [2.75, 3.05) is 63.3 Å². The highest BCUT2D eigenvalue weighted by molar-refractivity contribution is 5.96. The van der Waals surface area contributed by atoms with E-state index < -0.39 is 0 Å². The zero-order chi connectivity index (χ0) is 23.8. The Morgan fingerprint density at radius 3 is 2.21 bits per heavy atom. The van der Waals surface area contributed by atoms with E-state index in [-0.39, 0.29) is 5.97 Å². The number of carbonyl (C=O) groups excluding carboxylic acids is 1. The number of benzene rings is 3. The van der Waals surface area contributed by atoms with E-state index >= 15 is 0 Å². The fourth-order valence-corrected chi connectivity index (χ4v) is 4.40. The number of rotatable bonds is 9. The summed E-state index contributed by atoms with van der Waals surface area (Å²) in [5.41, 5.74) is 3.85. The quantitative estimate of drug-likeness (QED) is 0.445. The molecule has 1 heterocycles. The summed E-state index contributed by atoms with van der Waals surface area (Å²) in [6, 6.07) is 26.5. The Morgan fingerprint density at radius 2 is 1.56 bits per heavy atom. The number of methoxy groups -OCH3 is 2. The van der Waals surface area contributed by atoms with Crippen molar-refractivity contribution in [2.45, 2.75) is 6.54 Å². The summed E-state index contributed by atoms with van der Waals surface area (Å²) in [5, 5.41) is 0. The predicted molar refractivity (Wildman–Crippen MR) is 137 cm³/mol. The molecule has 6 nitrogen and oxygen atoms in total. The number of nitrogens with zero attached hydrogens (tertiary/aromatic N) is 3. The number of hydrogen-bond donors (Lipinski definition) is 0. The van der Waals surface area contributed by atoms with E-state index in [1.165, 1.54) is 18.4 Å². The molecule has 4 rings (SSSR count). The van der Waals surface area contributed by atoms with Crippen molar-refractivity contribution in [3.63, 3.8) is 0 Å². The monoisotopic (exact) mass is 459 g/mol. The smallest absolute Gasteiger partial charge is 0.339 e. The van der Waals surface area contributed by atoms with E-state index in [2.05, 4.69) is 57.2 Å². The highest BCUT2D eigenvalue weighted by Crippen LogP contribution is 2.28. The summed E-state index contributed by atoms with van der Waals surface area (Å²) >= 11 is 0. The molecule has 178 valence electrons. The second-order valence-electron chi connectivity index (χ2n) is 8.45. The van der Waals surface area contributed by atoms with Crippen molar-refractivity contribution in [2.24, 2.45) is 0 Å². The topological polar surface area (TPSA) is 45.3 Å². The summed E-state index contributed by atoms with van der Waals surface area (Å²) in [5.74, 6) is 0.379. The Hall–Kier alpha value is -3.51. The highest BCUT2D eigenvalue weighted by Gasteiger charge is 2.21. The van der Waals surface area contributed by atoms with Crippen LogP contribution in [0.1, 0.15) is 15.9 Å². The Kier molecular flexibility index (Phi) is 8.04. The van der Waals surface area contributed by atoms with Gasteiger partial charge in [-0.3, -0.25) is 4.90 Å². The van der Waals surface area contributed by atoms with E-state index in [4.69, 9.17) is 9.47 Å². The highest BCUT2D eigenvalue weighted by atomic mass is 16.5. The van der Waals surface area contributed by atoms with Gasteiger partial charge in [0.05, 0.1) is 25.5 Å². The van der Waals surface area contributed by atoms with Gasteiger partial charge in [0.2, 0.25) is 0 Å². The average Bonchev–Trinajstić information content (AvgIpc) is 2.91. The zero-order valence-electron chi connectivity index (χ0n) is 20.0. The number of piperazine rings is 1. The molecule has 0 atom stereocenters. The van der Waals surface area contributed by atoms with Crippen LogP contribution < -0.4 is 14.5 Å². The van der Waals surface area contributed by atoms with E-state index in [1.807, 2.05) is 24.3 Å². The van der Waals surface area contributed by atoms with Crippen LogP contribution in [0.5, 0.6) is 5.75 Å². The van der Waals surface area contributed by atoms with E-state index in [0.29, 0.717) is 12.1 Å². The molecule has 0 aliphatic carbocycles. The molecule has 0 aromatic heterocycles. The predicted octanol–water partition coefficient (Wildman–Crippen LogP) is 4.31. The van der Waals surface area contributed by atoms with Crippen molar-refractivity contribution in [3.05, 3.63) is 90.0 Å². The van der Waals surface area contributed by atoms with Gasteiger partial charge in [-0.1, -0.05) is 48.5 Å². The first kappa shape index (κ1) is 23.6. The Balaban J connectivity index is 1.50. The lowest BCUT2D eigenvalue weighted by molar-refractivity contribution is 0.0601. The number of esters is 1. The lowest BCUT2D eigenvalue weighted by Crippen LogP contribution is -2.48. The number of hydrogen-bond acceptors (Lipinski definition) is 6. The molecule has 1 fully saturated rings. The molecule has 1 saturated heterocycles. The molecule has 0 saturated carbocycles. The molecule has 0 bridgehead atoms. The SMILES string of the molecule is COC(=O)c1ccc(OC)cc1N(CCN1CCN(c2ccccc2)CC1)Cc1ccccc1. The van der Waals surface area contributed by atoms with E-state index in [0.717, 1.165) is 50.7 Å². The Morgan fingerprint density at radius 1 is 0.882 bits per heavy atom. The molecule has 0 radical (unpaired) electrons. The molecule has 0 amide bonds. The van der Waals surface area contributed by atoms with Crippen LogP contribution in [0.2, 0.25) is 0 Å². The zero-order valence-corrected chi connectivity index (χ0v) is 20.0. The fourth-order valence-electron chi connectivity index (χ4n) is 4.40. The van der Waals surface area contributed by atoms with Gasteiger partial charge in [0.25, 0.3) is 0 Å². The number of anilines is 2. The van der Waals surface area contributed by atoms with E-state index in [1.54, 1.807) is 19.2 Å². The van der Waals surface area contributed by atoms with Crippen molar-refractivity contribution >= 4 is 17.3 Å². The maximum atomic E-state index is 12.6. The molecule has 1 aliphatic heterocycles. The summed E-state index contributed by atoms with van der Waals surface area (Å²) in [7, 11) is 3.06. The summed E-state index contributed by atoms with van der Waals surface area (Å²) in [6.07, 6.45) is 0. The minimum Gasteiger partial charge on any atom is -0.497 e. The number of ether oxygens (including phenoxy) is 2. The van der Waals surface area contributed by atoms with Gasteiger partial charge < -0.3 is 19.3 Å². The van der Waals surface area contributed by atoms with Gasteiger partial charge in [0, 0.05) is 57.6 Å². The van der Waals surface area contributed by atoms with Crippen molar-refractivity contribution < 1.29 is 14.3 Å². The molecule has 0 unspecified atom stereocenters. The van der Waals surface area contributed by atoms with Crippen LogP contribution in [0.25, 0.3) is 0 Å². The van der Waals surface area contributed by atoms with E-state index in [9.17, 15) is 4.79 Å². The first-order chi connectivity index (χ1) is 16.7. The fraction of sp³-hybridized carbons (Fsp3) is 0.321. The van der Waals surface area contributed by atoms with Gasteiger partial charge in [-0.25, -0.2) is 4.79 Å². The van der Waals surface area contributed by atoms with Crippen LogP contribution in [-0.4, -0.2) is 64.4 Å². The third-order valence-electron chi connectivity index (χ3n) is 6.35. The minimum absolute atomic E-state index is 0.341. The molecular weight excluding hydrogens is 426 g/mol. The van der Waals surface area contributed by atoms with Crippen LogP contribution in [-0.2, 0) is 11.3 Å². The van der Waals surface area contributed by atoms with Crippen LogP contribution in [0, 0.1) is 0 Å². The standard InChI is InChI=1S/C28H33N3O3/c1-33-25-13-14-26(28(32)34-2)27(21-25)31(22-23-9-5-3-6-10-23)20-17-29-15-18-30(19-16-29)24-11-7-4-8-12-24/h3-14,21H,15-20,22H2,1-2H3. The first-order valence-corrected chi connectivity index (χ1v) is 11.8. The largest absolute Gasteiger partial charge is 0.497 e. The Bertz CT molecular complexity index is 1050. The second kappa shape index (κ2) is 11.6. The number of para-hydroxylation sites is 1. The molecule has 6 heteroatoms. The summed E-state index contributed by atoms with van der Waals surface area (Å²) < 4.78 is 10.6. The molecule has 34 heavy (non-hydrogen) atoms. The molecule has 3 aromatic carbocycles. The van der Waals surface area contributed by atoms with Gasteiger partial charge >= 0.3 is 5.97 Å². The lowest BCUT2D eigenvalue weighted by atomic mass is 10.1. The van der Waals surface area contributed by atoms with Gasteiger partial charge in [-0.2, -0.15) is 0 Å². The average molecular weight is 460 g/mol. The molecular formula is C28H33N3O3. The van der Waals surface area contributed by atoms with Gasteiger partial charge in [-0.05, 0) is 29.8 Å². The Labute approximate surface area is 202 Å². The van der Waals surface area contributed by atoms with Crippen LogP contribution in [0.4, 0.5) is 11.4 Å². The molecule has 1 aliphatic rings. The summed E-state index contributed by atoms with van der Waals surface area (Å²) in [6.45, 7) is 6.43. The first-order valence-electron chi connectivity index (χ1n) is 11.8. The van der Waals surface area contributed by atoms with Crippen molar-refractivity contribution in [1.29, 1.82) is 0 Å². The number of carbonyl (C=O) groups is 1. The van der Waals surface area contributed by atoms with Crippen molar-refractivity contribution in [3.8, 4) is 5.75 Å². The third kappa shape index (κ3) is 5.88. The second-order valence-corrected chi connectivity index (χ2v) is 8.45. The molecule has 0 N–H and O–H groups in total. The summed E-state index contributed by atoms with van der Waals surface area (Å²) in [4.78, 5) is 19.8. The van der Waals surface area contributed by atoms with Gasteiger partial charge in [0.1, 0.15) is 5.75 Å². The van der Waals surface area contributed by atoms with Crippen LogP contribution in [0.3, 0.4) is 0 Å². The maximum Gasteiger partial charge on any atom is 0.339 e.